The van der Waals surface area contributed by atoms with E-state index in [9.17, 15) is 14.0 Å². The molecule has 1 N–H and O–H groups in total. The average Bonchev–Trinajstić information content (AvgIpc) is 2.72. The van der Waals surface area contributed by atoms with Crippen molar-refractivity contribution in [2.75, 3.05) is 5.32 Å². The number of hydrogen-bond acceptors (Lipinski definition) is 3. The first-order valence-corrected chi connectivity index (χ1v) is 6.00. The molecule has 1 amide bonds. The number of amides is 1. The van der Waals surface area contributed by atoms with E-state index in [2.05, 4.69) is 5.32 Å². The third kappa shape index (κ3) is 2.25. The van der Waals surface area contributed by atoms with Crippen LogP contribution in [0.4, 0.5) is 10.1 Å². The lowest BCUT2D eigenvalue weighted by molar-refractivity contribution is -0.112. The molecule has 0 saturated heterocycles. The summed E-state index contributed by atoms with van der Waals surface area (Å²) in [5, 5.41) is 2.46. The van der Waals surface area contributed by atoms with Crippen molar-refractivity contribution in [1.82, 2.24) is 0 Å². The van der Waals surface area contributed by atoms with E-state index in [4.69, 9.17) is 4.74 Å². The van der Waals surface area contributed by atoms with Crippen molar-refractivity contribution in [2.24, 2.45) is 0 Å². The fourth-order valence-electron chi connectivity index (χ4n) is 2.00. The summed E-state index contributed by atoms with van der Waals surface area (Å²) in [6, 6.07) is 10.8. The van der Waals surface area contributed by atoms with E-state index in [0.717, 1.165) is 0 Å². The van der Waals surface area contributed by atoms with Crippen LogP contribution in [0.3, 0.4) is 0 Å². The molecule has 0 bridgehead atoms. The second-order valence-electron chi connectivity index (χ2n) is 4.41. The van der Waals surface area contributed by atoms with Crippen LogP contribution in [0.5, 0.6) is 5.75 Å². The summed E-state index contributed by atoms with van der Waals surface area (Å²) in [5.41, 5.74) is 1.47. The van der Waals surface area contributed by atoms with E-state index in [1.165, 1.54) is 18.2 Å². The molecular weight excluding hydrogens is 261 g/mol. The van der Waals surface area contributed by atoms with Crippen molar-refractivity contribution >= 4 is 17.4 Å². The first-order valence-electron chi connectivity index (χ1n) is 6.00. The third-order valence-electron chi connectivity index (χ3n) is 2.98. The summed E-state index contributed by atoms with van der Waals surface area (Å²) in [7, 11) is 0. The number of halogens is 1. The Balaban J connectivity index is 1.77. The molecule has 100 valence electrons. The van der Waals surface area contributed by atoms with Crippen LogP contribution < -0.4 is 10.1 Å². The van der Waals surface area contributed by atoms with Gasteiger partial charge in [-0.2, -0.15) is 0 Å². The van der Waals surface area contributed by atoms with Crippen LogP contribution in [0.1, 0.15) is 15.9 Å². The number of fused-ring (bicyclic) bond motifs is 1. The van der Waals surface area contributed by atoms with E-state index < -0.39 is 11.7 Å². The highest BCUT2D eigenvalue weighted by Crippen LogP contribution is 2.27. The number of anilines is 1. The van der Waals surface area contributed by atoms with Gasteiger partial charge >= 0.3 is 0 Å². The molecule has 0 radical (unpaired) electrons. The molecule has 5 heteroatoms. The zero-order valence-electron chi connectivity index (χ0n) is 10.4. The highest BCUT2D eigenvalue weighted by Gasteiger charge is 2.28. The molecule has 0 fully saturated rings. The Labute approximate surface area is 114 Å². The predicted octanol–water partition coefficient (Wildman–Crippen LogP) is 2.54. The molecule has 2 aromatic rings. The molecule has 1 aliphatic heterocycles. The van der Waals surface area contributed by atoms with Gasteiger partial charge in [-0.1, -0.05) is 12.1 Å². The monoisotopic (exact) mass is 271 g/mol. The second kappa shape index (κ2) is 4.77. The molecule has 0 atom stereocenters. The minimum atomic E-state index is -0.637. The maximum atomic E-state index is 13.0. The van der Waals surface area contributed by atoms with Crippen LogP contribution in [-0.2, 0) is 11.4 Å². The molecule has 1 aliphatic rings. The fourth-order valence-corrected chi connectivity index (χ4v) is 2.00. The van der Waals surface area contributed by atoms with E-state index in [0.29, 0.717) is 22.6 Å². The van der Waals surface area contributed by atoms with E-state index in [1.54, 1.807) is 24.3 Å². The van der Waals surface area contributed by atoms with Gasteiger partial charge in [-0.25, -0.2) is 4.39 Å². The number of nitrogens with one attached hydrogen (secondary N) is 1. The number of ketones is 1. The molecule has 0 aromatic heterocycles. The lowest BCUT2D eigenvalue weighted by atomic mass is 10.1. The normalized spacial score (nSPS) is 13.1. The van der Waals surface area contributed by atoms with Crippen molar-refractivity contribution in [3.63, 3.8) is 0 Å². The SMILES string of the molecule is O=C1Nc2ccc(OCc3cccc(F)c3)cc2C1=O. The van der Waals surface area contributed by atoms with Crippen molar-refractivity contribution < 1.29 is 18.7 Å². The molecule has 0 aliphatic carbocycles. The van der Waals surface area contributed by atoms with Crippen LogP contribution in [0, 0.1) is 5.82 Å². The van der Waals surface area contributed by atoms with Crippen LogP contribution in [0.15, 0.2) is 42.5 Å². The average molecular weight is 271 g/mol. The van der Waals surface area contributed by atoms with Gasteiger partial charge in [-0.05, 0) is 35.9 Å². The topological polar surface area (TPSA) is 55.4 Å². The minimum absolute atomic E-state index is 0.187. The van der Waals surface area contributed by atoms with Gasteiger partial charge in [0.05, 0.1) is 11.3 Å². The molecule has 2 aromatic carbocycles. The van der Waals surface area contributed by atoms with Gasteiger partial charge in [0, 0.05) is 0 Å². The number of benzene rings is 2. The first kappa shape index (κ1) is 12.3. The number of hydrogen-bond donors (Lipinski definition) is 1. The van der Waals surface area contributed by atoms with Crippen LogP contribution >= 0.6 is 0 Å². The van der Waals surface area contributed by atoms with Gasteiger partial charge < -0.3 is 10.1 Å². The van der Waals surface area contributed by atoms with Gasteiger partial charge in [0.2, 0.25) is 0 Å². The van der Waals surface area contributed by atoms with E-state index in [1.807, 2.05) is 0 Å². The smallest absolute Gasteiger partial charge is 0.296 e. The Kier molecular flexibility index (Phi) is 2.95. The summed E-state index contributed by atoms with van der Waals surface area (Å²) < 4.78 is 18.5. The van der Waals surface area contributed by atoms with Crippen molar-refractivity contribution in [3.05, 3.63) is 59.4 Å². The molecule has 0 saturated carbocycles. The third-order valence-corrected chi connectivity index (χ3v) is 2.98. The minimum Gasteiger partial charge on any atom is -0.489 e. The summed E-state index contributed by atoms with van der Waals surface area (Å²) >= 11 is 0. The van der Waals surface area contributed by atoms with Crippen molar-refractivity contribution in [3.8, 4) is 5.75 Å². The number of carbonyl (C=O) groups excluding carboxylic acids is 2. The second-order valence-corrected chi connectivity index (χ2v) is 4.41. The lowest BCUT2D eigenvalue weighted by Gasteiger charge is -2.07. The highest BCUT2D eigenvalue weighted by atomic mass is 19.1. The van der Waals surface area contributed by atoms with E-state index in [-0.39, 0.29) is 12.4 Å². The van der Waals surface area contributed by atoms with Gasteiger partial charge in [0.1, 0.15) is 18.2 Å². The van der Waals surface area contributed by atoms with Crippen LogP contribution in [-0.4, -0.2) is 11.7 Å². The van der Waals surface area contributed by atoms with Gasteiger partial charge in [-0.15, -0.1) is 0 Å². The Bertz CT molecular complexity index is 712. The maximum Gasteiger partial charge on any atom is 0.296 e. The summed E-state index contributed by atoms with van der Waals surface area (Å²) in [5.74, 6) is -1.08. The Morgan fingerprint density at radius 1 is 1.10 bits per heavy atom. The van der Waals surface area contributed by atoms with Crippen LogP contribution in [0.2, 0.25) is 0 Å². The maximum absolute atomic E-state index is 13.0. The molecule has 0 spiro atoms. The van der Waals surface area contributed by atoms with Crippen LogP contribution in [0.25, 0.3) is 0 Å². The van der Waals surface area contributed by atoms with Crippen molar-refractivity contribution in [2.45, 2.75) is 6.61 Å². The first-order chi connectivity index (χ1) is 9.63. The summed E-state index contributed by atoms with van der Waals surface area (Å²) in [6.07, 6.45) is 0. The number of ether oxygens (including phenoxy) is 1. The molecule has 3 rings (SSSR count). The molecular formula is C15H10FNO3. The zero-order chi connectivity index (χ0) is 14.1. The largest absolute Gasteiger partial charge is 0.489 e. The van der Waals surface area contributed by atoms with E-state index >= 15 is 0 Å². The highest BCUT2D eigenvalue weighted by molar-refractivity contribution is 6.51. The quantitative estimate of drug-likeness (QED) is 0.873. The van der Waals surface area contributed by atoms with Gasteiger partial charge in [0.25, 0.3) is 11.7 Å². The molecule has 1 heterocycles. The number of rotatable bonds is 3. The standard InChI is InChI=1S/C15H10FNO3/c16-10-3-1-2-9(6-10)8-20-11-4-5-13-12(7-11)14(18)15(19)17-13/h1-7H,8H2,(H,17,18,19). The Morgan fingerprint density at radius 2 is 1.95 bits per heavy atom. The van der Waals surface area contributed by atoms with Gasteiger partial charge in [0.15, 0.2) is 0 Å². The zero-order valence-corrected chi connectivity index (χ0v) is 10.4. The van der Waals surface area contributed by atoms with Crippen molar-refractivity contribution in [1.29, 1.82) is 0 Å². The fraction of sp³-hybridized carbons (Fsp3) is 0.0667. The molecule has 0 unspecified atom stereocenters. The number of carbonyl (C=O) groups is 2. The number of Topliss-reactive ketones (excluding diaryl/α,β-unsaturated/α-hetero) is 1. The Morgan fingerprint density at radius 3 is 2.75 bits per heavy atom. The molecule has 20 heavy (non-hydrogen) atoms. The summed E-state index contributed by atoms with van der Waals surface area (Å²) in [4.78, 5) is 22.8. The lowest BCUT2D eigenvalue weighted by Crippen LogP contribution is -2.12. The van der Waals surface area contributed by atoms with Gasteiger partial charge in [-0.3, -0.25) is 9.59 Å². The molecule has 4 nitrogen and oxygen atoms in total. The summed E-state index contributed by atoms with van der Waals surface area (Å²) in [6.45, 7) is 0.187. The predicted molar refractivity (Wildman–Crippen MR) is 70.1 cm³/mol. The Hall–Kier alpha value is -2.69.